The van der Waals surface area contributed by atoms with Crippen LogP contribution in [0.4, 0.5) is 11.4 Å². The first-order valence-corrected chi connectivity index (χ1v) is 7.34. The summed E-state index contributed by atoms with van der Waals surface area (Å²) in [6.45, 7) is 3.03. The van der Waals surface area contributed by atoms with Crippen LogP contribution in [-0.4, -0.2) is 36.8 Å². The van der Waals surface area contributed by atoms with Crippen molar-refractivity contribution in [3.63, 3.8) is 0 Å². The Hall–Kier alpha value is -1.67. The van der Waals surface area contributed by atoms with Crippen LogP contribution in [0.25, 0.3) is 0 Å². The Morgan fingerprint density at radius 2 is 2.00 bits per heavy atom. The Bertz CT molecular complexity index is 595. The molecule has 0 aliphatic heterocycles. The molecule has 0 bridgehead atoms. The molecule has 8 heteroatoms. The number of nitro groups is 1. The van der Waals surface area contributed by atoms with Crippen LogP contribution >= 0.6 is 0 Å². The van der Waals surface area contributed by atoms with Gasteiger partial charge in [-0.05, 0) is 26.0 Å². The van der Waals surface area contributed by atoms with Crippen molar-refractivity contribution in [3.8, 4) is 0 Å². The Kier molecular flexibility index (Phi) is 4.16. The Labute approximate surface area is 111 Å². The second-order valence-electron chi connectivity index (χ2n) is 4.85. The first kappa shape index (κ1) is 15.4. The average molecular weight is 288 g/mol. The molecule has 0 saturated heterocycles. The zero-order valence-electron chi connectivity index (χ0n) is 10.9. The van der Waals surface area contributed by atoms with Crippen LogP contribution in [0.3, 0.4) is 0 Å². The predicted molar refractivity (Wildman–Crippen MR) is 71.0 cm³/mol. The molecule has 1 aromatic carbocycles. The molecule has 0 amide bonds. The molecule has 7 nitrogen and oxygen atoms in total. The number of para-hydroxylation sites is 1. The molecule has 0 atom stereocenters. The standard InChI is InChI=1S/C11H16N2O5S/c1-11(2,7-14)12-8-5-4-6-9(19(3,17)18)10(8)13(15)16/h4-6,12,14H,7H2,1-3H3. The van der Waals surface area contributed by atoms with Crippen molar-refractivity contribution in [1.29, 1.82) is 0 Å². The van der Waals surface area contributed by atoms with Crippen LogP contribution in [0.2, 0.25) is 0 Å². The molecule has 0 spiro atoms. The molecular weight excluding hydrogens is 272 g/mol. The molecule has 106 valence electrons. The summed E-state index contributed by atoms with van der Waals surface area (Å²) < 4.78 is 23.1. The minimum absolute atomic E-state index is 0.0620. The highest BCUT2D eigenvalue weighted by Gasteiger charge is 2.28. The van der Waals surface area contributed by atoms with E-state index < -0.39 is 26.0 Å². The number of nitrogens with zero attached hydrogens (tertiary/aromatic N) is 1. The highest BCUT2D eigenvalue weighted by atomic mass is 32.2. The summed E-state index contributed by atoms with van der Waals surface area (Å²) in [6, 6.07) is 4.01. The fraction of sp³-hybridized carbons (Fsp3) is 0.455. The molecular formula is C11H16N2O5S. The number of rotatable bonds is 5. The Balaban J connectivity index is 3.46. The maximum atomic E-state index is 11.6. The van der Waals surface area contributed by atoms with E-state index >= 15 is 0 Å². The van der Waals surface area contributed by atoms with Gasteiger partial charge in [0.25, 0.3) is 0 Å². The van der Waals surface area contributed by atoms with Gasteiger partial charge in [-0.1, -0.05) is 6.07 Å². The molecule has 0 aromatic heterocycles. The molecule has 1 rings (SSSR count). The maximum absolute atomic E-state index is 11.6. The van der Waals surface area contributed by atoms with Crippen LogP contribution in [-0.2, 0) is 9.84 Å². The number of aliphatic hydroxyl groups excluding tert-OH is 1. The molecule has 0 radical (unpaired) electrons. The van der Waals surface area contributed by atoms with Crippen LogP contribution in [0, 0.1) is 10.1 Å². The SMILES string of the molecule is CC(C)(CO)Nc1cccc(S(C)(=O)=O)c1[N+](=O)[O-]. The van der Waals surface area contributed by atoms with Crippen molar-refractivity contribution < 1.29 is 18.4 Å². The van der Waals surface area contributed by atoms with Gasteiger partial charge in [-0.15, -0.1) is 0 Å². The van der Waals surface area contributed by atoms with Gasteiger partial charge in [-0.2, -0.15) is 0 Å². The first-order valence-electron chi connectivity index (χ1n) is 5.45. The lowest BCUT2D eigenvalue weighted by Gasteiger charge is -2.24. The zero-order valence-corrected chi connectivity index (χ0v) is 11.7. The highest BCUT2D eigenvalue weighted by molar-refractivity contribution is 7.90. The lowest BCUT2D eigenvalue weighted by molar-refractivity contribution is -0.386. The van der Waals surface area contributed by atoms with E-state index in [2.05, 4.69) is 5.32 Å². The number of nitrogens with one attached hydrogen (secondary N) is 1. The van der Waals surface area contributed by atoms with Crippen molar-refractivity contribution in [3.05, 3.63) is 28.3 Å². The number of hydrogen-bond donors (Lipinski definition) is 2. The number of sulfone groups is 1. The average Bonchev–Trinajstić information content (AvgIpc) is 2.26. The molecule has 1 aromatic rings. The van der Waals surface area contributed by atoms with Gasteiger partial charge in [0.2, 0.25) is 0 Å². The molecule has 0 heterocycles. The van der Waals surface area contributed by atoms with E-state index in [4.69, 9.17) is 5.11 Å². The number of benzene rings is 1. The Morgan fingerprint density at radius 1 is 1.42 bits per heavy atom. The fourth-order valence-corrected chi connectivity index (χ4v) is 2.38. The third kappa shape index (κ3) is 3.65. The number of anilines is 1. The van der Waals surface area contributed by atoms with Gasteiger partial charge in [-0.25, -0.2) is 8.42 Å². The van der Waals surface area contributed by atoms with Gasteiger partial charge in [0.1, 0.15) is 10.6 Å². The van der Waals surface area contributed by atoms with Crippen molar-refractivity contribution in [2.75, 3.05) is 18.2 Å². The second-order valence-corrected chi connectivity index (χ2v) is 6.83. The maximum Gasteiger partial charge on any atom is 0.310 e. The Morgan fingerprint density at radius 3 is 2.42 bits per heavy atom. The van der Waals surface area contributed by atoms with E-state index in [0.29, 0.717) is 0 Å². The monoisotopic (exact) mass is 288 g/mol. The molecule has 0 aliphatic carbocycles. The van der Waals surface area contributed by atoms with E-state index in [1.54, 1.807) is 13.8 Å². The topological polar surface area (TPSA) is 110 Å². The van der Waals surface area contributed by atoms with Crippen molar-refractivity contribution >= 4 is 21.2 Å². The largest absolute Gasteiger partial charge is 0.394 e. The lowest BCUT2D eigenvalue weighted by atomic mass is 10.1. The van der Waals surface area contributed by atoms with Gasteiger partial charge in [-0.3, -0.25) is 10.1 Å². The normalized spacial score (nSPS) is 12.2. The molecule has 19 heavy (non-hydrogen) atoms. The summed E-state index contributed by atoms with van der Waals surface area (Å²) in [5.41, 5.74) is -1.25. The minimum atomic E-state index is -3.71. The van der Waals surface area contributed by atoms with Crippen LogP contribution in [0.15, 0.2) is 23.1 Å². The molecule has 0 unspecified atom stereocenters. The molecule has 2 N–H and O–H groups in total. The third-order valence-electron chi connectivity index (χ3n) is 2.45. The van der Waals surface area contributed by atoms with Crippen molar-refractivity contribution in [2.24, 2.45) is 0 Å². The van der Waals surface area contributed by atoms with Gasteiger partial charge in [0, 0.05) is 6.26 Å². The minimum Gasteiger partial charge on any atom is -0.394 e. The summed E-state index contributed by atoms with van der Waals surface area (Å²) in [6.07, 6.45) is 0.913. The van der Waals surface area contributed by atoms with Gasteiger partial charge >= 0.3 is 5.69 Å². The van der Waals surface area contributed by atoms with Gasteiger partial charge < -0.3 is 10.4 Å². The van der Waals surface area contributed by atoms with Gasteiger partial charge in [0.15, 0.2) is 9.84 Å². The highest BCUT2D eigenvalue weighted by Crippen LogP contribution is 2.33. The second kappa shape index (κ2) is 5.14. The van der Waals surface area contributed by atoms with E-state index in [-0.39, 0.29) is 17.2 Å². The van der Waals surface area contributed by atoms with E-state index in [1.807, 2.05) is 0 Å². The fourth-order valence-electron chi connectivity index (χ4n) is 1.51. The van der Waals surface area contributed by atoms with Crippen molar-refractivity contribution in [1.82, 2.24) is 0 Å². The van der Waals surface area contributed by atoms with Crippen molar-refractivity contribution in [2.45, 2.75) is 24.3 Å². The predicted octanol–water partition coefficient (Wildman–Crippen LogP) is 1.18. The smallest absolute Gasteiger partial charge is 0.310 e. The summed E-state index contributed by atoms with van der Waals surface area (Å²) in [5.74, 6) is 0. The quantitative estimate of drug-likeness (QED) is 0.622. The third-order valence-corrected chi connectivity index (χ3v) is 3.58. The summed E-state index contributed by atoms with van der Waals surface area (Å²) in [7, 11) is -3.71. The summed E-state index contributed by atoms with van der Waals surface area (Å²) in [5, 5.41) is 23.0. The van der Waals surface area contributed by atoms with Crippen LogP contribution in [0.1, 0.15) is 13.8 Å². The number of hydrogen-bond acceptors (Lipinski definition) is 6. The number of aliphatic hydroxyl groups is 1. The van der Waals surface area contributed by atoms with Crippen LogP contribution < -0.4 is 5.32 Å². The lowest BCUT2D eigenvalue weighted by Crippen LogP contribution is -2.35. The zero-order chi connectivity index (χ0) is 14.8. The van der Waals surface area contributed by atoms with Gasteiger partial charge in [0.05, 0.1) is 17.1 Å². The summed E-state index contributed by atoms with van der Waals surface area (Å²) in [4.78, 5) is 10.0. The van der Waals surface area contributed by atoms with Crippen LogP contribution in [0.5, 0.6) is 0 Å². The van der Waals surface area contributed by atoms with E-state index in [9.17, 15) is 18.5 Å². The number of nitro benzene ring substituents is 1. The molecule has 0 aliphatic rings. The molecule has 0 fully saturated rings. The van der Waals surface area contributed by atoms with E-state index in [0.717, 1.165) is 6.26 Å². The van der Waals surface area contributed by atoms with E-state index in [1.165, 1.54) is 18.2 Å². The summed E-state index contributed by atoms with van der Waals surface area (Å²) >= 11 is 0. The first-order chi connectivity index (χ1) is 8.58. The molecule has 0 saturated carbocycles.